The van der Waals surface area contributed by atoms with E-state index in [9.17, 15) is 9.59 Å². The van der Waals surface area contributed by atoms with Crippen molar-refractivity contribution in [3.05, 3.63) is 12.7 Å². The molecule has 2 saturated heterocycles. The molecule has 0 N–H and O–H groups in total. The molecule has 94 valence electrons. The Morgan fingerprint density at radius 1 is 1.47 bits per heavy atom. The fraction of sp³-hybridized carbons (Fsp3) is 0.692. The van der Waals surface area contributed by atoms with E-state index in [-0.39, 0.29) is 29.9 Å². The summed E-state index contributed by atoms with van der Waals surface area (Å²) >= 11 is 0. The standard InChI is InChI=1S/C13H20N2O2/c1-4-9(3)15-10(5-2)12(16)14-8-6-7-11(14)13(15)17/h4,9-11H,1,5-8H2,2-3H3. The van der Waals surface area contributed by atoms with Crippen LogP contribution in [0.5, 0.6) is 0 Å². The Kier molecular flexibility index (Phi) is 3.22. The number of fused-ring (bicyclic) bond motifs is 1. The molecule has 2 heterocycles. The van der Waals surface area contributed by atoms with Gasteiger partial charge in [0.1, 0.15) is 12.1 Å². The molecule has 0 aromatic carbocycles. The zero-order valence-corrected chi connectivity index (χ0v) is 10.6. The average molecular weight is 236 g/mol. The van der Waals surface area contributed by atoms with E-state index in [1.807, 2.05) is 13.8 Å². The van der Waals surface area contributed by atoms with E-state index in [0.29, 0.717) is 6.42 Å². The quantitative estimate of drug-likeness (QED) is 0.690. The molecule has 0 aromatic rings. The van der Waals surface area contributed by atoms with Gasteiger partial charge in [-0.2, -0.15) is 0 Å². The molecule has 2 rings (SSSR count). The summed E-state index contributed by atoms with van der Waals surface area (Å²) in [5.74, 6) is 0.213. The van der Waals surface area contributed by atoms with E-state index in [0.717, 1.165) is 19.4 Å². The first-order valence-electron chi connectivity index (χ1n) is 6.37. The van der Waals surface area contributed by atoms with Crippen LogP contribution < -0.4 is 0 Å². The molecule has 0 radical (unpaired) electrons. The molecule has 2 amide bonds. The molecule has 4 nitrogen and oxygen atoms in total. The molecule has 4 heteroatoms. The van der Waals surface area contributed by atoms with Gasteiger partial charge in [0.15, 0.2) is 0 Å². The van der Waals surface area contributed by atoms with Crippen molar-refractivity contribution in [1.82, 2.24) is 9.80 Å². The average Bonchev–Trinajstić information content (AvgIpc) is 2.82. The topological polar surface area (TPSA) is 40.6 Å². The summed E-state index contributed by atoms with van der Waals surface area (Å²) in [7, 11) is 0. The van der Waals surface area contributed by atoms with Gasteiger partial charge in [-0.3, -0.25) is 9.59 Å². The third-order valence-corrected chi connectivity index (χ3v) is 3.86. The van der Waals surface area contributed by atoms with Crippen LogP contribution in [0, 0.1) is 0 Å². The highest BCUT2D eigenvalue weighted by Crippen LogP contribution is 2.29. The van der Waals surface area contributed by atoms with Gasteiger partial charge in [-0.25, -0.2) is 0 Å². The van der Waals surface area contributed by atoms with Crippen LogP contribution in [0.25, 0.3) is 0 Å². The van der Waals surface area contributed by atoms with Crippen LogP contribution in [0.3, 0.4) is 0 Å². The normalized spacial score (nSPS) is 30.5. The number of piperazine rings is 1. The van der Waals surface area contributed by atoms with Gasteiger partial charge >= 0.3 is 0 Å². The molecule has 0 spiro atoms. The Labute approximate surface area is 102 Å². The highest BCUT2D eigenvalue weighted by atomic mass is 16.2. The van der Waals surface area contributed by atoms with Crippen molar-refractivity contribution in [1.29, 1.82) is 0 Å². The van der Waals surface area contributed by atoms with Crippen LogP contribution in [-0.4, -0.2) is 46.3 Å². The van der Waals surface area contributed by atoms with E-state index in [2.05, 4.69) is 6.58 Å². The largest absolute Gasteiger partial charge is 0.329 e. The fourth-order valence-corrected chi connectivity index (χ4v) is 2.89. The van der Waals surface area contributed by atoms with Gasteiger partial charge in [-0.1, -0.05) is 13.0 Å². The van der Waals surface area contributed by atoms with Crippen LogP contribution in [0.15, 0.2) is 12.7 Å². The lowest BCUT2D eigenvalue weighted by atomic mass is 10.0. The molecule has 0 bridgehead atoms. The minimum atomic E-state index is -0.301. The molecule has 2 aliphatic heterocycles. The molecule has 2 aliphatic rings. The van der Waals surface area contributed by atoms with Crippen molar-refractivity contribution in [2.75, 3.05) is 6.54 Å². The summed E-state index contributed by atoms with van der Waals surface area (Å²) in [4.78, 5) is 28.2. The highest BCUT2D eigenvalue weighted by molar-refractivity contribution is 5.97. The number of carbonyl (C=O) groups excluding carboxylic acids is 2. The summed E-state index contributed by atoms with van der Waals surface area (Å²) < 4.78 is 0. The molecular weight excluding hydrogens is 216 g/mol. The number of rotatable bonds is 3. The van der Waals surface area contributed by atoms with Crippen LogP contribution in [0.4, 0.5) is 0 Å². The van der Waals surface area contributed by atoms with E-state index >= 15 is 0 Å². The van der Waals surface area contributed by atoms with Crippen LogP contribution in [0.2, 0.25) is 0 Å². The first kappa shape index (κ1) is 12.1. The van der Waals surface area contributed by atoms with Gasteiger partial charge in [0.2, 0.25) is 11.8 Å². The van der Waals surface area contributed by atoms with Gasteiger partial charge in [0, 0.05) is 12.6 Å². The summed E-state index contributed by atoms with van der Waals surface area (Å²) in [6.45, 7) is 8.34. The lowest BCUT2D eigenvalue weighted by molar-refractivity contribution is -0.160. The second-order valence-corrected chi connectivity index (χ2v) is 4.84. The third-order valence-electron chi connectivity index (χ3n) is 3.86. The van der Waals surface area contributed by atoms with Gasteiger partial charge < -0.3 is 9.80 Å². The molecule has 0 aromatic heterocycles. The van der Waals surface area contributed by atoms with Crippen LogP contribution in [0.1, 0.15) is 33.1 Å². The Balaban J connectivity index is 2.33. The van der Waals surface area contributed by atoms with Crippen molar-refractivity contribution in [3.63, 3.8) is 0 Å². The second kappa shape index (κ2) is 4.51. The minimum Gasteiger partial charge on any atom is -0.329 e. The lowest BCUT2D eigenvalue weighted by Crippen LogP contribution is -2.64. The van der Waals surface area contributed by atoms with Crippen molar-refractivity contribution < 1.29 is 9.59 Å². The third kappa shape index (κ3) is 1.75. The highest BCUT2D eigenvalue weighted by Gasteiger charge is 2.47. The Morgan fingerprint density at radius 2 is 2.18 bits per heavy atom. The minimum absolute atomic E-state index is 0.0702. The zero-order chi connectivity index (χ0) is 12.6. The monoisotopic (exact) mass is 236 g/mol. The molecular formula is C13H20N2O2. The lowest BCUT2D eigenvalue weighted by Gasteiger charge is -2.44. The van der Waals surface area contributed by atoms with Crippen LogP contribution in [-0.2, 0) is 9.59 Å². The Bertz CT molecular complexity index is 353. The molecule has 0 saturated carbocycles. The SMILES string of the molecule is C=CC(C)N1C(=O)C2CCCN2C(=O)C1CC. The number of hydrogen-bond donors (Lipinski definition) is 0. The van der Waals surface area contributed by atoms with Crippen molar-refractivity contribution in [2.45, 2.75) is 51.2 Å². The maximum absolute atomic E-state index is 12.4. The summed E-state index contributed by atoms with van der Waals surface area (Å²) in [6, 6.07) is -0.586. The predicted octanol–water partition coefficient (Wildman–Crippen LogP) is 1.17. The van der Waals surface area contributed by atoms with E-state index in [1.54, 1.807) is 15.9 Å². The Morgan fingerprint density at radius 3 is 2.76 bits per heavy atom. The maximum Gasteiger partial charge on any atom is 0.246 e. The Hall–Kier alpha value is -1.32. The molecule has 2 fully saturated rings. The first-order chi connectivity index (χ1) is 8.11. The fourth-order valence-electron chi connectivity index (χ4n) is 2.89. The molecule has 3 atom stereocenters. The number of amides is 2. The number of nitrogens with zero attached hydrogens (tertiary/aromatic N) is 2. The van der Waals surface area contributed by atoms with Crippen molar-refractivity contribution in [2.24, 2.45) is 0 Å². The van der Waals surface area contributed by atoms with Gasteiger partial charge in [-0.15, -0.1) is 6.58 Å². The summed E-state index contributed by atoms with van der Waals surface area (Å²) in [5, 5.41) is 0. The van der Waals surface area contributed by atoms with E-state index < -0.39 is 0 Å². The number of hydrogen-bond acceptors (Lipinski definition) is 2. The van der Waals surface area contributed by atoms with E-state index in [4.69, 9.17) is 0 Å². The second-order valence-electron chi connectivity index (χ2n) is 4.84. The van der Waals surface area contributed by atoms with Crippen molar-refractivity contribution >= 4 is 11.8 Å². The molecule has 0 aliphatic carbocycles. The van der Waals surface area contributed by atoms with Gasteiger partial charge in [0.05, 0.1) is 0 Å². The van der Waals surface area contributed by atoms with Gasteiger partial charge in [0.25, 0.3) is 0 Å². The van der Waals surface area contributed by atoms with E-state index in [1.165, 1.54) is 0 Å². The smallest absolute Gasteiger partial charge is 0.246 e. The zero-order valence-electron chi connectivity index (χ0n) is 10.6. The predicted molar refractivity (Wildman–Crippen MR) is 65.3 cm³/mol. The number of carbonyl (C=O) groups is 2. The molecule has 17 heavy (non-hydrogen) atoms. The maximum atomic E-state index is 12.4. The summed E-state index contributed by atoms with van der Waals surface area (Å²) in [6.07, 6.45) is 4.15. The summed E-state index contributed by atoms with van der Waals surface area (Å²) in [5.41, 5.74) is 0. The first-order valence-corrected chi connectivity index (χ1v) is 6.37. The van der Waals surface area contributed by atoms with Crippen molar-refractivity contribution in [3.8, 4) is 0 Å². The van der Waals surface area contributed by atoms with Gasteiger partial charge in [-0.05, 0) is 26.2 Å². The van der Waals surface area contributed by atoms with Crippen LogP contribution >= 0.6 is 0 Å². The molecule has 3 unspecified atom stereocenters.